The van der Waals surface area contributed by atoms with Crippen LogP contribution in [-0.4, -0.2) is 4.98 Å². The van der Waals surface area contributed by atoms with E-state index in [1.807, 2.05) is 23.8 Å². The van der Waals surface area contributed by atoms with E-state index in [4.69, 9.17) is 5.73 Å². The van der Waals surface area contributed by atoms with E-state index < -0.39 is 0 Å². The van der Waals surface area contributed by atoms with Crippen LogP contribution in [0.4, 0.5) is 5.95 Å². The van der Waals surface area contributed by atoms with Crippen molar-refractivity contribution in [2.24, 2.45) is 0 Å². The molecule has 0 spiro atoms. The van der Waals surface area contributed by atoms with E-state index in [0.717, 1.165) is 6.54 Å². The van der Waals surface area contributed by atoms with Gasteiger partial charge in [0.1, 0.15) is 6.20 Å². The highest BCUT2D eigenvalue weighted by Crippen LogP contribution is 1.81. The fourth-order valence-corrected chi connectivity index (χ4v) is 0.680. The van der Waals surface area contributed by atoms with Crippen molar-refractivity contribution in [3.8, 4) is 0 Å². The van der Waals surface area contributed by atoms with E-state index in [1.165, 1.54) is 0 Å². The Bertz CT molecular complexity index is 197. The van der Waals surface area contributed by atoms with Crippen LogP contribution in [0.25, 0.3) is 0 Å². The molecule has 1 rings (SSSR count). The number of nitrogen functional groups attached to an aromatic ring is 1. The first-order valence-electron chi connectivity index (χ1n) is 2.94. The van der Waals surface area contributed by atoms with Gasteiger partial charge in [-0.25, -0.2) is 4.57 Å². The predicted octanol–water partition coefficient (Wildman–Crippen LogP) is -0.0288. The second-order valence-electron chi connectivity index (χ2n) is 1.76. The van der Waals surface area contributed by atoms with Crippen molar-refractivity contribution in [3.63, 3.8) is 0 Å². The van der Waals surface area contributed by atoms with Crippen LogP contribution in [0.2, 0.25) is 0 Å². The Kier molecular flexibility index (Phi) is 1.63. The minimum atomic E-state index is 0.569. The molecule has 0 radical (unpaired) electrons. The van der Waals surface area contributed by atoms with Gasteiger partial charge in [-0.15, -0.1) is 0 Å². The van der Waals surface area contributed by atoms with E-state index in [1.54, 1.807) is 6.20 Å². The monoisotopic (exact) mass is 124 g/mol. The van der Waals surface area contributed by atoms with Crippen molar-refractivity contribution in [3.05, 3.63) is 18.5 Å². The number of aryl methyl sites for hydroxylation is 1. The average molecular weight is 124 g/mol. The number of hydrogen-bond donors (Lipinski definition) is 1. The first-order chi connectivity index (χ1) is 4.34. The Hall–Kier alpha value is -1.12. The lowest BCUT2D eigenvalue weighted by Crippen LogP contribution is -2.36. The molecular weight excluding hydrogens is 114 g/mol. The fourth-order valence-electron chi connectivity index (χ4n) is 0.680. The number of rotatable bonds is 1. The summed E-state index contributed by atoms with van der Waals surface area (Å²) in [5.41, 5.74) is 5.48. The molecule has 0 unspecified atom stereocenters. The van der Waals surface area contributed by atoms with Crippen LogP contribution in [0.3, 0.4) is 0 Å². The number of anilines is 1. The van der Waals surface area contributed by atoms with Gasteiger partial charge in [0.15, 0.2) is 0 Å². The van der Waals surface area contributed by atoms with Crippen LogP contribution in [0.5, 0.6) is 0 Å². The van der Waals surface area contributed by atoms with Crippen molar-refractivity contribution in [1.82, 2.24) is 4.98 Å². The van der Waals surface area contributed by atoms with Gasteiger partial charge in [0.05, 0.1) is 12.7 Å². The molecule has 0 aliphatic rings. The van der Waals surface area contributed by atoms with Gasteiger partial charge < -0.3 is 0 Å². The van der Waals surface area contributed by atoms with Gasteiger partial charge in [-0.2, -0.15) is 0 Å². The molecule has 0 atom stereocenters. The lowest BCUT2D eigenvalue weighted by Gasteiger charge is -1.93. The summed E-state index contributed by atoms with van der Waals surface area (Å²) in [6.45, 7) is 2.90. The average Bonchev–Trinajstić information content (AvgIpc) is 1.89. The van der Waals surface area contributed by atoms with Crippen LogP contribution in [0.1, 0.15) is 6.92 Å². The van der Waals surface area contributed by atoms with Gasteiger partial charge in [0.25, 0.3) is 0 Å². The Morgan fingerprint density at radius 3 is 3.00 bits per heavy atom. The predicted molar refractivity (Wildman–Crippen MR) is 34.5 cm³/mol. The summed E-state index contributed by atoms with van der Waals surface area (Å²) >= 11 is 0. The van der Waals surface area contributed by atoms with Crippen molar-refractivity contribution in [2.45, 2.75) is 13.5 Å². The molecule has 0 amide bonds. The molecule has 2 N–H and O–H groups in total. The summed E-state index contributed by atoms with van der Waals surface area (Å²) in [6, 6.07) is 1.86. The van der Waals surface area contributed by atoms with Crippen molar-refractivity contribution in [1.29, 1.82) is 0 Å². The molecule has 0 aliphatic carbocycles. The van der Waals surface area contributed by atoms with Crippen molar-refractivity contribution >= 4 is 5.95 Å². The molecule has 0 aliphatic heterocycles. The van der Waals surface area contributed by atoms with Crippen LogP contribution in [0, 0.1) is 0 Å². The molecule has 3 nitrogen and oxygen atoms in total. The molecule has 0 saturated heterocycles. The third-order valence-corrected chi connectivity index (χ3v) is 1.19. The zero-order chi connectivity index (χ0) is 6.69. The van der Waals surface area contributed by atoms with E-state index in [-0.39, 0.29) is 0 Å². The number of hydrogen-bond acceptors (Lipinski definition) is 2. The molecule has 0 saturated carbocycles. The van der Waals surface area contributed by atoms with Crippen molar-refractivity contribution in [2.75, 3.05) is 5.73 Å². The number of nitrogens with zero attached hydrogens (tertiary/aromatic N) is 2. The molecule has 0 aromatic carbocycles. The maximum atomic E-state index is 5.48. The Morgan fingerprint density at radius 1 is 1.78 bits per heavy atom. The van der Waals surface area contributed by atoms with Crippen LogP contribution < -0.4 is 10.3 Å². The number of aromatic nitrogens is 2. The van der Waals surface area contributed by atoms with E-state index in [9.17, 15) is 0 Å². The van der Waals surface area contributed by atoms with Crippen LogP contribution in [-0.2, 0) is 6.54 Å². The second kappa shape index (κ2) is 2.44. The van der Waals surface area contributed by atoms with Crippen LogP contribution in [0.15, 0.2) is 18.5 Å². The topological polar surface area (TPSA) is 42.8 Å². The normalized spacial score (nSPS) is 9.44. The maximum absolute atomic E-state index is 5.48. The third-order valence-electron chi connectivity index (χ3n) is 1.19. The molecule has 1 heterocycles. The first kappa shape index (κ1) is 6.01. The molecule has 0 bridgehead atoms. The first-order valence-corrected chi connectivity index (χ1v) is 2.94. The maximum Gasteiger partial charge on any atom is 0.389 e. The fraction of sp³-hybridized carbons (Fsp3) is 0.333. The largest absolute Gasteiger partial charge is 0.389 e. The van der Waals surface area contributed by atoms with E-state index in [2.05, 4.69) is 4.98 Å². The molecule has 3 heteroatoms. The van der Waals surface area contributed by atoms with Gasteiger partial charge in [-0.05, 0) is 6.92 Å². The highest BCUT2D eigenvalue weighted by molar-refractivity contribution is 5.02. The smallest absolute Gasteiger partial charge is 0.287 e. The summed E-state index contributed by atoms with van der Waals surface area (Å²) < 4.78 is 1.88. The van der Waals surface area contributed by atoms with Crippen molar-refractivity contribution < 1.29 is 4.57 Å². The Balaban J connectivity index is 3.01. The standard InChI is InChI=1S/C6H9N3/c1-2-9-5-3-4-8-6(9)7/h3-5,7H,2H2,1H3/p+1. The lowest BCUT2D eigenvalue weighted by molar-refractivity contribution is -0.681. The molecule has 1 aromatic rings. The van der Waals surface area contributed by atoms with Crippen LogP contribution >= 0.6 is 0 Å². The Morgan fingerprint density at radius 2 is 2.56 bits per heavy atom. The van der Waals surface area contributed by atoms with Gasteiger partial charge in [-0.1, -0.05) is 4.98 Å². The van der Waals surface area contributed by atoms with E-state index >= 15 is 0 Å². The SMILES string of the molecule is CC[n+]1cccnc1N. The third kappa shape index (κ3) is 1.16. The highest BCUT2D eigenvalue weighted by atomic mass is 15.1. The zero-order valence-electron chi connectivity index (χ0n) is 5.41. The second-order valence-corrected chi connectivity index (χ2v) is 1.76. The van der Waals surface area contributed by atoms with Gasteiger partial charge >= 0.3 is 5.95 Å². The quantitative estimate of drug-likeness (QED) is 0.534. The zero-order valence-corrected chi connectivity index (χ0v) is 5.41. The van der Waals surface area contributed by atoms with Gasteiger partial charge in [0.2, 0.25) is 0 Å². The summed E-state index contributed by atoms with van der Waals surface area (Å²) in [6.07, 6.45) is 3.59. The lowest BCUT2D eigenvalue weighted by atomic mass is 10.6. The summed E-state index contributed by atoms with van der Waals surface area (Å²) in [7, 11) is 0. The van der Waals surface area contributed by atoms with Gasteiger partial charge in [-0.3, -0.25) is 5.73 Å². The van der Waals surface area contributed by atoms with Gasteiger partial charge in [0, 0.05) is 6.07 Å². The summed E-state index contributed by atoms with van der Waals surface area (Å²) in [5.74, 6) is 0.569. The Labute approximate surface area is 54.2 Å². The molecular formula is C6H10N3+. The minimum Gasteiger partial charge on any atom is -0.287 e. The number of nitrogens with two attached hydrogens (primary N) is 1. The molecule has 1 aromatic heterocycles. The summed E-state index contributed by atoms with van der Waals surface area (Å²) in [5, 5.41) is 0. The van der Waals surface area contributed by atoms with E-state index in [0.29, 0.717) is 5.95 Å². The molecule has 0 fully saturated rings. The highest BCUT2D eigenvalue weighted by Gasteiger charge is 1.98. The summed E-state index contributed by atoms with van der Waals surface area (Å²) in [4.78, 5) is 3.89. The molecule has 9 heavy (non-hydrogen) atoms. The minimum absolute atomic E-state index is 0.569. The molecule has 48 valence electrons.